The highest BCUT2D eigenvalue weighted by Gasteiger charge is 2.13. The number of anilines is 2. The number of aromatic nitrogens is 1. The maximum Gasteiger partial charge on any atom is 0.271 e. The van der Waals surface area contributed by atoms with Gasteiger partial charge in [-0.1, -0.05) is 12.1 Å². The zero-order valence-electron chi connectivity index (χ0n) is 13.5. The lowest BCUT2D eigenvalue weighted by atomic mass is 10.2. The Morgan fingerprint density at radius 1 is 1.21 bits per heavy atom. The second-order valence-electron chi connectivity index (χ2n) is 5.76. The number of thiazole rings is 1. The van der Waals surface area contributed by atoms with Gasteiger partial charge in [0.05, 0.1) is 0 Å². The molecule has 0 aliphatic carbocycles. The summed E-state index contributed by atoms with van der Waals surface area (Å²) in [5, 5.41) is 7.49. The van der Waals surface area contributed by atoms with Gasteiger partial charge in [-0.3, -0.25) is 9.59 Å². The van der Waals surface area contributed by atoms with Crippen molar-refractivity contribution in [1.29, 1.82) is 0 Å². The number of rotatable bonds is 5. The Bertz CT molecular complexity index is 720. The summed E-state index contributed by atoms with van der Waals surface area (Å²) in [5.41, 5.74) is 2.60. The molecule has 7 heteroatoms. The van der Waals surface area contributed by atoms with E-state index in [1.165, 1.54) is 36.8 Å². The monoisotopic (exact) mass is 344 g/mol. The molecule has 1 aromatic carbocycles. The minimum Gasteiger partial charge on any atom is -0.372 e. The number of carbonyl (C=O) groups excluding carboxylic acids is 2. The summed E-state index contributed by atoms with van der Waals surface area (Å²) in [6, 6.07) is 8.28. The third kappa shape index (κ3) is 4.11. The molecular formula is C17H20N4O2S. The molecule has 1 aromatic heterocycles. The van der Waals surface area contributed by atoms with E-state index in [4.69, 9.17) is 0 Å². The molecule has 2 aromatic rings. The van der Waals surface area contributed by atoms with Crippen molar-refractivity contribution in [3.8, 4) is 0 Å². The Hall–Kier alpha value is -2.41. The molecule has 1 aliphatic rings. The maximum atomic E-state index is 12.1. The molecule has 2 amide bonds. The van der Waals surface area contributed by atoms with Gasteiger partial charge >= 0.3 is 0 Å². The van der Waals surface area contributed by atoms with E-state index in [-0.39, 0.29) is 11.8 Å². The van der Waals surface area contributed by atoms with Crippen molar-refractivity contribution >= 4 is 34.0 Å². The summed E-state index contributed by atoms with van der Waals surface area (Å²) >= 11 is 1.23. The van der Waals surface area contributed by atoms with E-state index >= 15 is 0 Å². The molecule has 1 saturated heterocycles. The molecule has 2 N–H and O–H groups in total. The molecule has 2 heterocycles. The van der Waals surface area contributed by atoms with Crippen LogP contribution in [-0.4, -0.2) is 29.9 Å². The number of benzene rings is 1. The van der Waals surface area contributed by atoms with Crippen molar-refractivity contribution in [3.63, 3.8) is 0 Å². The molecule has 0 saturated carbocycles. The van der Waals surface area contributed by atoms with Crippen LogP contribution in [-0.2, 0) is 11.3 Å². The standard InChI is InChI=1S/C17H20N4O2S/c1-12(22)19-17-20-15(11-24-17)16(23)18-10-13-4-6-14(7-5-13)21-8-2-3-9-21/h4-7,11H,2-3,8-10H2,1H3,(H,18,23)(H,19,20,22). The lowest BCUT2D eigenvalue weighted by Gasteiger charge is -2.17. The minimum absolute atomic E-state index is 0.200. The van der Waals surface area contributed by atoms with Gasteiger partial charge in [0.15, 0.2) is 5.13 Å². The smallest absolute Gasteiger partial charge is 0.271 e. The number of nitrogens with one attached hydrogen (secondary N) is 2. The number of carbonyl (C=O) groups is 2. The molecule has 0 radical (unpaired) electrons. The number of hydrogen-bond donors (Lipinski definition) is 2. The van der Waals surface area contributed by atoms with E-state index in [1.54, 1.807) is 5.38 Å². The van der Waals surface area contributed by atoms with Gasteiger partial charge in [0, 0.05) is 37.6 Å². The molecule has 0 spiro atoms. The summed E-state index contributed by atoms with van der Waals surface area (Å²) in [7, 11) is 0. The van der Waals surface area contributed by atoms with Crippen LogP contribution in [0.2, 0.25) is 0 Å². The zero-order chi connectivity index (χ0) is 16.9. The van der Waals surface area contributed by atoms with Crippen LogP contribution in [0.4, 0.5) is 10.8 Å². The molecule has 0 bridgehead atoms. The number of nitrogens with zero attached hydrogens (tertiary/aromatic N) is 2. The van der Waals surface area contributed by atoms with Crippen molar-refractivity contribution < 1.29 is 9.59 Å². The fraction of sp³-hybridized carbons (Fsp3) is 0.353. The van der Waals surface area contributed by atoms with Gasteiger partial charge in [-0.2, -0.15) is 0 Å². The summed E-state index contributed by atoms with van der Waals surface area (Å²) in [6.07, 6.45) is 2.51. The second kappa shape index (κ2) is 7.44. The predicted molar refractivity (Wildman–Crippen MR) is 95.5 cm³/mol. The minimum atomic E-state index is -0.244. The number of amides is 2. The van der Waals surface area contributed by atoms with Crippen LogP contribution >= 0.6 is 11.3 Å². The molecule has 6 nitrogen and oxygen atoms in total. The Kier molecular flexibility index (Phi) is 5.10. The van der Waals surface area contributed by atoms with Crippen molar-refractivity contribution in [2.45, 2.75) is 26.3 Å². The predicted octanol–water partition coefficient (Wildman–Crippen LogP) is 2.63. The Morgan fingerprint density at radius 3 is 2.58 bits per heavy atom. The first-order chi connectivity index (χ1) is 11.6. The average molecular weight is 344 g/mol. The molecular weight excluding hydrogens is 324 g/mol. The summed E-state index contributed by atoms with van der Waals surface area (Å²) in [6.45, 7) is 4.10. The molecule has 0 atom stereocenters. The van der Waals surface area contributed by atoms with Gasteiger partial charge in [-0.05, 0) is 30.5 Å². The fourth-order valence-electron chi connectivity index (χ4n) is 2.66. The van der Waals surface area contributed by atoms with Crippen LogP contribution in [0.3, 0.4) is 0 Å². The van der Waals surface area contributed by atoms with E-state index in [9.17, 15) is 9.59 Å². The highest BCUT2D eigenvalue weighted by Crippen LogP contribution is 2.20. The van der Waals surface area contributed by atoms with Crippen molar-refractivity contribution in [2.75, 3.05) is 23.3 Å². The van der Waals surface area contributed by atoms with Crippen LogP contribution in [0.5, 0.6) is 0 Å². The highest BCUT2D eigenvalue weighted by atomic mass is 32.1. The van der Waals surface area contributed by atoms with E-state index < -0.39 is 0 Å². The van der Waals surface area contributed by atoms with Gasteiger partial charge < -0.3 is 15.5 Å². The maximum absolute atomic E-state index is 12.1. The van der Waals surface area contributed by atoms with Crippen LogP contribution in [0.1, 0.15) is 35.8 Å². The zero-order valence-corrected chi connectivity index (χ0v) is 14.4. The molecule has 126 valence electrons. The first kappa shape index (κ1) is 16.4. The van der Waals surface area contributed by atoms with Gasteiger partial charge in [0.1, 0.15) is 5.69 Å². The molecule has 1 aliphatic heterocycles. The van der Waals surface area contributed by atoms with E-state index in [0.717, 1.165) is 18.7 Å². The highest BCUT2D eigenvalue weighted by molar-refractivity contribution is 7.14. The second-order valence-corrected chi connectivity index (χ2v) is 6.62. The first-order valence-corrected chi connectivity index (χ1v) is 8.85. The van der Waals surface area contributed by atoms with Gasteiger partial charge in [-0.25, -0.2) is 4.98 Å². The molecule has 24 heavy (non-hydrogen) atoms. The molecule has 1 fully saturated rings. The molecule has 3 rings (SSSR count). The van der Waals surface area contributed by atoms with E-state index in [0.29, 0.717) is 17.4 Å². The van der Waals surface area contributed by atoms with Crippen LogP contribution < -0.4 is 15.5 Å². The lowest BCUT2D eigenvalue weighted by molar-refractivity contribution is -0.114. The summed E-state index contributed by atoms with van der Waals surface area (Å²) < 4.78 is 0. The summed E-state index contributed by atoms with van der Waals surface area (Å²) in [4.78, 5) is 29.6. The largest absolute Gasteiger partial charge is 0.372 e. The normalized spacial score (nSPS) is 13.8. The van der Waals surface area contributed by atoms with Crippen molar-refractivity contribution in [2.24, 2.45) is 0 Å². The van der Waals surface area contributed by atoms with E-state index in [2.05, 4.69) is 32.7 Å². The topological polar surface area (TPSA) is 74.3 Å². The third-order valence-electron chi connectivity index (χ3n) is 3.88. The Morgan fingerprint density at radius 2 is 1.92 bits per heavy atom. The van der Waals surface area contributed by atoms with Crippen molar-refractivity contribution in [1.82, 2.24) is 10.3 Å². The van der Waals surface area contributed by atoms with Crippen LogP contribution in [0, 0.1) is 0 Å². The first-order valence-electron chi connectivity index (χ1n) is 7.97. The fourth-order valence-corrected chi connectivity index (χ4v) is 3.40. The van der Waals surface area contributed by atoms with Crippen LogP contribution in [0.25, 0.3) is 0 Å². The molecule has 0 unspecified atom stereocenters. The van der Waals surface area contributed by atoms with Gasteiger partial charge in [0.25, 0.3) is 5.91 Å². The lowest BCUT2D eigenvalue weighted by Crippen LogP contribution is -2.23. The quantitative estimate of drug-likeness (QED) is 0.874. The Balaban J connectivity index is 1.54. The van der Waals surface area contributed by atoms with Crippen LogP contribution in [0.15, 0.2) is 29.6 Å². The van der Waals surface area contributed by atoms with Crippen molar-refractivity contribution in [3.05, 3.63) is 40.9 Å². The summed E-state index contributed by atoms with van der Waals surface area (Å²) in [5.74, 6) is -0.444. The number of hydrogen-bond acceptors (Lipinski definition) is 5. The SMILES string of the molecule is CC(=O)Nc1nc(C(=O)NCc2ccc(N3CCCC3)cc2)cs1. The Labute approximate surface area is 144 Å². The van der Waals surface area contributed by atoms with E-state index in [1.807, 2.05) is 12.1 Å². The van der Waals surface area contributed by atoms with Gasteiger partial charge in [0.2, 0.25) is 5.91 Å². The third-order valence-corrected chi connectivity index (χ3v) is 4.64. The average Bonchev–Trinajstić information content (AvgIpc) is 3.24. The van der Waals surface area contributed by atoms with Gasteiger partial charge in [-0.15, -0.1) is 11.3 Å².